The van der Waals surface area contributed by atoms with Gasteiger partial charge in [-0.1, -0.05) is 12.1 Å². The molecule has 0 spiro atoms. The van der Waals surface area contributed by atoms with Crippen LogP contribution in [-0.2, 0) is 4.79 Å². The number of aromatic nitrogens is 2. The number of carbonyl (C=O) groups is 1. The number of nitro groups is 1. The van der Waals surface area contributed by atoms with Crippen LogP contribution in [0, 0.1) is 10.1 Å². The first-order valence-electron chi connectivity index (χ1n) is 8.84. The van der Waals surface area contributed by atoms with Gasteiger partial charge in [-0.2, -0.15) is 0 Å². The number of nitrogens with one attached hydrogen (secondary N) is 1. The van der Waals surface area contributed by atoms with Crippen molar-refractivity contribution in [2.75, 3.05) is 11.9 Å². The summed E-state index contributed by atoms with van der Waals surface area (Å²) in [5.74, 6) is 0.809. The monoisotopic (exact) mass is 390 g/mol. The number of carbonyl (C=O) groups excluding carboxylic acids is 1. The van der Waals surface area contributed by atoms with E-state index in [1.165, 1.54) is 18.2 Å². The van der Waals surface area contributed by atoms with Crippen LogP contribution in [0.15, 0.2) is 67.0 Å². The van der Waals surface area contributed by atoms with Gasteiger partial charge in [-0.05, 0) is 37.3 Å². The van der Waals surface area contributed by atoms with Crippen molar-refractivity contribution in [1.29, 1.82) is 0 Å². The Labute approximate surface area is 167 Å². The first-order valence-corrected chi connectivity index (χ1v) is 8.84. The van der Waals surface area contributed by atoms with E-state index in [2.05, 4.69) is 15.3 Å². The summed E-state index contributed by atoms with van der Waals surface area (Å²) in [6.07, 6.45) is 6.05. The smallest absolute Gasteiger partial charge is 0.270 e. The lowest BCUT2D eigenvalue weighted by Crippen LogP contribution is -2.07. The third kappa shape index (κ3) is 5.46. The third-order valence-electron chi connectivity index (χ3n) is 3.85. The molecule has 29 heavy (non-hydrogen) atoms. The van der Waals surface area contributed by atoms with Gasteiger partial charge >= 0.3 is 0 Å². The van der Waals surface area contributed by atoms with Crippen LogP contribution in [0.4, 0.5) is 11.4 Å². The van der Waals surface area contributed by atoms with Gasteiger partial charge in [0.2, 0.25) is 5.91 Å². The number of rotatable bonds is 7. The molecule has 0 bridgehead atoms. The number of anilines is 1. The number of hydrogen-bond donors (Lipinski definition) is 1. The number of non-ortho nitro benzene ring substituents is 1. The summed E-state index contributed by atoms with van der Waals surface area (Å²) < 4.78 is 5.36. The Morgan fingerprint density at radius 2 is 1.90 bits per heavy atom. The second-order valence-electron chi connectivity index (χ2n) is 5.93. The highest BCUT2D eigenvalue weighted by molar-refractivity contribution is 6.01. The Bertz CT molecular complexity index is 1030. The molecule has 0 saturated carbocycles. The maximum absolute atomic E-state index is 12.1. The molecular weight excluding hydrogens is 372 g/mol. The Hall–Kier alpha value is -4.07. The van der Waals surface area contributed by atoms with Crippen LogP contribution >= 0.6 is 0 Å². The zero-order valence-corrected chi connectivity index (χ0v) is 15.6. The van der Waals surface area contributed by atoms with E-state index in [1.807, 2.05) is 6.92 Å². The van der Waals surface area contributed by atoms with Gasteiger partial charge in [-0.15, -0.1) is 0 Å². The van der Waals surface area contributed by atoms with E-state index < -0.39 is 4.92 Å². The number of amides is 1. The SMILES string of the molecule is CCOc1ccc(NC(=O)/C=C/c2cnc(-c3cccc([N+](=O)[O-])c3)nc2)cc1. The first kappa shape index (κ1) is 19.7. The summed E-state index contributed by atoms with van der Waals surface area (Å²) in [6, 6.07) is 13.2. The molecule has 8 nitrogen and oxygen atoms in total. The molecule has 3 rings (SSSR count). The fraction of sp³-hybridized carbons (Fsp3) is 0.0952. The van der Waals surface area contributed by atoms with E-state index >= 15 is 0 Å². The molecule has 0 fully saturated rings. The number of hydrogen-bond acceptors (Lipinski definition) is 6. The number of nitrogens with zero attached hydrogens (tertiary/aromatic N) is 3. The Kier molecular flexibility index (Phi) is 6.26. The summed E-state index contributed by atoms with van der Waals surface area (Å²) in [5, 5.41) is 13.6. The minimum absolute atomic E-state index is 0.0268. The molecule has 2 aromatic carbocycles. The zero-order chi connectivity index (χ0) is 20.6. The van der Waals surface area contributed by atoms with Gasteiger partial charge in [0, 0.05) is 47.4 Å². The van der Waals surface area contributed by atoms with Crippen LogP contribution in [0.5, 0.6) is 5.75 Å². The van der Waals surface area contributed by atoms with E-state index in [1.54, 1.807) is 54.9 Å². The topological polar surface area (TPSA) is 107 Å². The average molecular weight is 390 g/mol. The van der Waals surface area contributed by atoms with Crippen molar-refractivity contribution in [1.82, 2.24) is 9.97 Å². The predicted octanol–water partition coefficient (Wildman–Crippen LogP) is 4.10. The van der Waals surface area contributed by atoms with Gasteiger partial charge in [-0.3, -0.25) is 14.9 Å². The molecule has 0 radical (unpaired) electrons. The molecule has 0 aliphatic heterocycles. The molecule has 1 N–H and O–H groups in total. The van der Waals surface area contributed by atoms with Crippen LogP contribution in [-0.4, -0.2) is 27.4 Å². The summed E-state index contributed by atoms with van der Waals surface area (Å²) in [7, 11) is 0. The molecule has 1 aromatic heterocycles. The van der Waals surface area contributed by atoms with E-state index in [0.717, 1.165) is 5.75 Å². The van der Waals surface area contributed by atoms with Gasteiger partial charge in [0.1, 0.15) is 5.75 Å². The summed E-state index contributed by atoms with van der Waals surface area (Å²) in [6.45, 7) is 2.48. The highest BCUT2D eigenvalue weighted by Gasteiger charge is 2.08. The average Bonchev–Trinajstić information content (AvgIpc) is 2.74. The fourth-order valence-corrected chi connectivity index (χ4v) is 2.49. The lowest BCUT2D eigenvalue weighted by molar-refractivity contribution is -0.384. The highest BCUT2D eigenvalue weighted by Crippen LogP contribution is 2.20. The van der Waals surface area contributed by atoms with Crippen molar-refractivity contribution >= 4 is 23.4 Å². The molecule has 0 saturated heterocycles. The maximum atomic E-state index is 12.1. The minimum atomic E-state index is -0.469. The van der Waals surface area contributed by atoms with E-state index in [0.29, 0.717) is 29.2 Å². The van der Waals surface area contributed by atoms with Crippen LogP contribution in [0.3, 0.4) is 0 Å². The van der Waals surface area contributed by atoms with Crippen LogP contribution in [0.2, 0.25) is 0 Å². The van der Waals surface area contributed by atoms with Crippen molar-refractivity contribution in [3.05, 3.63) is 82.7 Å². The molecule has 0 unspecified atom stereocenters. The quantitative estimate of drug-likeness (QED) is 0.370. The van der Waals surface area contributed by atoms with Gasteiger partial charge in [0.15, 0.2) is 5.82 Å². The summed E-state index contributed by atoms with van der Waals surface area (Å²) in [4.78, 5) is 30.9. The maximum Gasteiger partial charge on any atom is 0.270 e. The van der Waals surface area contributed by atoms with Gasteiger partial charge < -0.3 is 10.1 Å². The molecule has 1 heterocycles. The summed E-state index contributed by atoms with van der Waals surface area (Å²) in [5.41, 5.74) is 1.80. The van der Waals surface area contributed by atoms with Crippen LogP contribution in [0.25, 0.3) is 17.5 Å². The first-order chi connectivity index (χ1) is 14.0. The Morgan fingerprint density at radius 3 is 2.55 bits per heavy atom. The second-order valence-corrected chi connectivity index (χ2v) is 5.93. The third-order valence-corrected chi connectivity index (χ3v) is 3.85. The summed E-state index contributed by atoms with van der Waals surface area (Å²) >= 11 is 0. The normalized spacial score (nSPS) is 10.7. The molecule has 3 aromatic rings. The van der Waals surface area contributed by atoms with Crippen molar-refractivity contribution in [2.24, 2.45) is 0 Å². The highest BCUT2D eigenvalue weighted by atomic mass is 16.6. The number of ether oxygens (including phenoxy) is 1. The largest absolute Gasteiger partial charge is 0.494 e. The van der Waals surface area contributed by atoms with Gasteiger partial charge in [0.25, 0.3) is 5.69 Å². The molecule has 146 valence electrons. The second kappa shape index (κ2) is 9.23. The van der Waals surface area contributed by atoms with Crippen molar-refractivity contribution in [3.63, 3.8) is 0 Å². The fourth-order valence-electron chi connectivity index (χ4n) is 2.49. The van der Waals surface area contributed by atoms with Crippen molar-refractivity contribution < 1.29 is 14.5 Å². The number of nitro benzene ring substituents is 1. The van der Waals surface area contributed by atoms with E-state index in [4.69, 9.17) is 4.74 Å². The van der Waals surface area contributed by atoms with E-state index in [-0.39, 0.29) is 11.6 Å². The predicted molar refractivity (Wildman–Crippen MR) is 109 cm³/mol. The molecule has 1 amide bonds. The molecular formula is C21H18N4O4. The minimum Gasteiger partial charge on any atom is -0.494 e. The van der Waals surface area contributed by atoms with Crippen molar-refractivity contribution in [2.45, 2.75) is 6.92 Å². The molecule has 0 aliphatic rings. The Morgan fingerprint density at radius 1 is 1.17 bits per heavy atom. The van der Waals surface area contributed by atoms with Crippen LogP contribution < -0.4 is 10.1 Å². The number of benzene rings is 2. The van der Waals surface area contributed by atoms with Gasteiger partial charge in [0.05, 0.1) is 11.5 Å². The van der Waals surface area contributed by atoms with Gasteiger partial charge in [-0.25, -0.2) is 9.97 Å². The standard InChI is InChI=1S/C21H18N4O4/c1-2-29-19-9-7-17(8-10-19)24-20(26)11-6-15-13-22-21(23-14-15)16-4-3-5-18(12-16)25(27)28/h3-14H,2H2,1H3,(H,24,26)/b11-6+. The molecule has 0 aliphatic carbocycles. The Balaban J connectivity index is 1.63. The lowest BCUT2D eigenvalue weighted by atomic mass is 10.2. The lowest BCUT2D eigenvalue weighted by Gasteiger charge is -2.05. The molecule has 0 atom stereocenters. The van der Waals surface area contributed by atoms with Crippen LogP contribution in [0.1, 0.15) is 12.5 Å². The zero-order valence-electron chi connectivity index (χ0n) is 15.6. The van der Waals surface area contributed by atoms with Crippen molar-refractivity contribution in [3.8, 4) is 17.1 Å². The van der Waals surface area contributed by atoms with E-state index in [9.17, 15) is 14.9 Å². The molecule has 8 heteroatoms.